The van der Waals surface area contributed by atoms with Gasteiger partial charge in [-0.2, -0.15) is 0 Å². The third-order valence-electron chi connectivity index (χ3n) is 3.95. The van der Waals surface area contributed by atoms with Gasteiger partial charge in [0.05, 0.1) is 25.6 Å². The Bertz CT molecular complexity index is 530. The minimum atomic E-state index is -0.754. The van der Waals surface area contributed by atoms with Gasteiger partial charge in [0.25, 0.3) is 0 Å². The van der Waals surface area contributed by atoms with Gasteiger partial charge in [-0.1, -0.05) is 12.1 Å². The molecular formula is C17H24N2O4. The van der Waals surface area contributed by atoms with Crippen LogP contribution in [0.25, 0.3) is 0 Å². The van der Waals surface area contributed by atoms with Crippen molar-refractivity contribution in [2.75, 3.05) is 26.4 Å². The zero-order valence-corrected chi connectivity index (χ0v) is 13.5. The number of likely N-dealkylation sites (tertiary alicyclic amines) is 1. The molecule has 23 heavy (non-hydrogen) atoms. The maximum absolute atomic E-state index is 12.0. The maximum Gasteiger partial charge on any atom is 0.307 e. The number of carbonyl (C=O) groups excluding carboxylic acids is 1. The Kier molecular flexibility index (Phi) is 6.40. The fraction of sp³-hybridized carbons (Fsp3) is 0.529. The van der Waals surface area contributed by atoms with Gasteiger partial charge in [0, 0.05) is 6.54 Å². The highest BCUT2D eigenvalue weighted by molar-refractivity contribution is 5.78. The second-order valence-corrected chi connectivity index (χ2v) is 5.77. The summed E-state index contributed by atoms with van der Waals surface area (Å²) in [5.41, 5.74) is 0.924. The average Bonchev–Trinajstić information content (AvgIpc) is 2.55. The highest BCUT2D eigenvalue weighted by Gasteiger charge is 2.25. The third-order valence-corrected chi connectivity index (χ3v) is 3.95. The van der Waals surface area contributed by atoms with Crippen LogP contribution in [-0.2, 0) is 16.0 Å². The number of carboxylic acids is 1. The van der Waals surface area contributed by atoms with Crippen molar-refractivity contribution in [2.45, 2.75) is 26.2 Å². The Morgan fingerprint density at radius 2 is 2.09 bits per heavy atom. The van der Waals surface area contributed by atoms with Crippen LogP contribution in [0.4, 0.5) is 0 Å². The summed E-state index contributed by atoms with van der Waals surface area (Å²) in [6.45, 7) is 4.27. The van der Waals surface area contributed by atoms with Gasteiger partial charge >= 0.3 is 5.97 Å². The molecule has 6 nitrogen and oxygen atoms in total. The topological polar surface area (TPSA) is 78.9 Å². The molecule has 0 bridgehead atoms. The molecule has 1 fully saturated rings. The SMILES string of the molecule is CCOc1ccc(CC(=O)NCN2CCCC(C(=O)O)C2)cc1. The number of ether oxygens (including phenoxy) is 1. The molecule has 6 heteroatoms. The number of hydrogen-bond donors (Lipinski definition) is 2. The second kappa shape index (κ2) is 8.53. The maximum atomic E-state index is 12.0. The molecule has 0 saturated carbocycles. The zero-order valence-electron chi connectivity index (χ0n) is 13.5. The molecule has 0 aliphatic carbocycles. The van der Waals surface area contributed by atoms with Crippen LogP contribution >= 0.6 is 0 Å². The first-order valence-electron chi connectivity index (χ1n) is 8.02. The number of carboxylic acid groups (broad SMARTS) is 1. The largest absolute Gasteiger partial charge is 0.494 e. The van der Waals surface area contributed by atoms with Gasteiger partial charge in [-0.3, -0.25) is 14.5 Å². The van der Waals surface area contributed by atoms with Crippen LogP contribution < -0.4 is 10.1 Å². The molecule has 2 rings (SSSR count). The van der Waals surface area contributed by atoms with Gasteiger partial charge < -0.3 is 15.2 Å². The van der Waals surface area contributed by atoms with Gasteiger partial charge in [-0.15, -0.1) is 0 Å². The van der Waals surface area contributed by atoms with E-state index in [1.807, 2.05) is 36.1 Å². The van der Waals surface area contributed by atoms with Crippen LogP contribution in [0.2, 0.25) is 0 Å². The van der Waals surface area contributed by atoms with Crippen molar-refractivity contribution < 1.29 is 19.4 Å². The van der Waals surface area contributed by atoms with E-state index in [9.17, 15) is 9.59 Å². The van der Waals surface area contributed by atoms with Gasteiger partial charge in [-0.25, -0.2) is 0 Å². The summed E-state index contributed by atoms with van der Waals surface area (Å²) in [7, 11) is 0. The van der Waals surface area contributed by atoms with Crippen LogP contribution in [0.3, 0.4) is 0 Å². The number of aliphatic carboxylic acids is 1. The van der Waals surface area contributed by atoms with E-state index in [0.29, 0.717) is 32.7 Å². The van der Waals surface area contributed by atoms with Crippen molar-refractivity contribution in [3.63, 3.8) is 0 Å². The van der Waals surface area contributed by atoms with Crippen molar-refractivity contribution in [3.8, 4) is 5.75 Å². The molecule has 2 N–H and O–H groups in total. The quantitative estimate of drug-likeness (QED) is 0.796. The molecule has 1 aliphatic rings. The molecular weight excluding hydrogens is 296 g/mol. The van der Waals surface area contributed by atoms with Gasteiger partial charge in [-0.05, 0) is 44.0 Å². The number of benzene rings is 1. The fourth-order valence-corrected chi connectivity index (χ4v) is 2.72. The standard InChI is InChI=1S/C17H24N2O4/c1-2-23-15-7-5-13(6-8-15)10-16(20)18-12-19-9-3-4-14(11-19)17(21)22/h5-8,14H,2-4,9-12H2,1H3,(H,18,20)(H,21,22). The molecule has 1 unspecified atom stereocenters. The molecule has 1 saturated heterocycles. The van der Waals surface area contributed by atoms with Crippen molar-refractivity contribution in [1.82, 2.24) is 10.2 Å². The number of hydrogen-bond acceptors (Lipinski definition) is 4. The van der Waals surface area contributed by atoms with E-state index < -0.39 is 5.97 Å². The molecule has 1 heterocycles. The van der Waals surface area contributed by atoms with E-state index in [0.717, 1.165) is 24.3 Å². The first-order valence-corrected chi connectivity index (χ1v) is 8.02. The van der Waals surface area contributed by atoms with E-state index >= 15 is 0 Å². The first-order chi connectivity index (χ1) is 11.1. The second-order valence-electron chi connectivity index (χ2n) is 5.77. The summed E-state index contributed by atoms with van der Waals surface area (Å²) < 4.78 is 5.37. The lowest BCUT2D eigenvalue weighted by Crippen LogP contribution is -2.45. The molecule has 1 amide bonds. The van der Waals surface area contributed by atoms with Crippen molar-refractivity contribution in [2.24, 2.45) is 5.92 Å². The van der Waals surface area contributed by atoms with E-state index in [-0.39, 0.29) is 11.8 Å². The summed E-state index contributed by atoms with van der Waals surface area (Å²) in [5.74, 6) is -0.349. The molecule has 0 radical (unpaired) electrons. The zero-order chi connectivity index (χ0) is 16.7. The van der Waals surface area contributed by atoms with E-state index in [1.54, 1.807) is 0 Å². The number of carbonyl (C=O) groups is 2. The Balaban J connectivity index is 1.75. The lowest BCUT2D eigenvalue weighted by atomic mass is 9.99. The summed E-state index contributed by atoms with van der Waals surface area (Å²) >= 11 is 0. The Hall–Kier alpha value is -2.08. The van der Waals surface area contributed by atoms with Gasteiger partial charge in [0.2, 0.25) is 5.91 Å². The Morgan fingerprint density at radius 1 is 1.35 bits per heavy atom. The average molecular weight is 320 g/mol. The third kappa shape index (κ3) is 5.56. The Labute approximate surface area is 136 Å². The van der Waals surface area contributed by atoms with Crippen LogP contribution in [0.1, 0.15) is 25.3 Å². The highest BCUT2D eigenvalue weighted by atomic mass is 16.5. The number of nitrogens with one attached hydrogen (secondary N) is 1. The van der Waals surface area contributed by atoms with Crippen LogP contribution in [0.5, 0.6) is 5.75 Å². The monoisotopic (exact) mass is 320 g/mol. The molecule has 0 spiro atoms. The van der Waals surface area contributed by atoms with Crippen LogP contribution in [0, 0.1) is 5.92 Å². The predicted molar refractivity (Wildman–Crippen MR) is 86.3 cm³/mol. The van der Waals surface area contributed by atoms with Crippen molar-refractivity contribution in [3.05, 3.63) is 29.8 Å². The van der Waals surface area contributed by atoms with Gasteiger partial charge in [0.1, 0.15) is 5.75 Å². The fourth-order valence-electron chi connectivity index (χ4n) is 2.72. The number of amides is 1. The normalized spacial score (nSPS) is 18.4. The number of rotatable bonds is 7. The molecule has 1 aromatic carbocycles. The van der Waals surface area contributed by atoms with E-state index in [2.05, 4.69) is 5.32 Å². The smallest absolute Gasteiger partial charge is 0.307 e. The number of piperidine rings is 1. The number of nitrogens with zero attached hydrogens (tertiary/aromatic N) is 1. The highest BCUT2D eigenvalue weighted by Crippen LogP contribution is 2.16. The summed E-state index contributed by atoms with van der Waals surface area (Å²) in [6.07, 6.45) is 1.88. The lowest BCUT2D eigenvalue weighted by molar-refractivity contribution is -0.143. The summed E-state index contributed by atoms with van der Waals surface area (Å²) in [6, 6.07) is 7.47. The van der Waals surface area contributed by atoms with Crippen molar-refractivity contribution >= 4 is 11.9 Å². The molecule has 1 atom stereocenters. The molecule has 1 aliphatic heterocycles. The van der Waals surface area contributed by atoms with Crippen LogP contribution in [0.15, 0.2) is 24.3 Å². The molecule has 1 aromatic rings. The minimum Gasteiger partial charge on any atom is -0.494 e. The lowest BCUT2D eigenvalue weighted by Gasteiger charge is -2.30. The summed E-state index contributed by atoms with van der Waals surface area (Å²) in [5, 5.41) is 11.9. The van der Waals surface area contributed by atoms with Gasteiger partial charge in [0.15, 0.2) is 0 Å². The van der Waals surface area contributed by atoms with Crippen molar-refractivity contribution in [1.29, 1.82) is 0 Å². The first kappa shape index (κ1) is 17.3. The van der Waals surface area contributed by atoms with Crippen LogP contribution in [-0.4, -0.2) is 48.2 Å². The summed E-state index contributed by atoms with van der Waals surface area (Å²) in [4.78, 5) is 25.0. The Morgan fingerprint density at radius 3 is 2.74 bits per heavy atom. The molecule has 0 aromatic heterocycles. The van der Waals surface area contributed by atoms with E-state index in [4.69, 9.17) is 9.84 Å². The minimum absolute atomic E-state index is 0.0633. The molecule has 126 valence electrons. The van der Waals surface area contributed by atoms with E-state index in [1.165, 1.54) is 0 Å². The predicted octanol–water partition coefficient (Wildman–Crippen LogP) is 1.50.